The molecule has 1 aliphatic rings. The van der Waals surface area contributed by atoms with Gasteiger partial charge in [0.1, 0.15) is 22.9 Å². The predicted octanol–water partition coefficient (Wildman–Crippen LogP) is 5.89. The van der Waals surface area contributed by atoms with Gasteiger partial charge in [-0.25, -0.2) is 27.8 Å². The lowest BCUT2D eigenvalue weighted by Gasteiger charge is -2.17. The van der Waals surface area contributed by atoms with Crippen molar-refractivity contribution in [2.24, 2.45) is 4.36 Å². The summed E-state index contributed by atoms with van der Waals surface area (Å²) >= 11 is 0. The summed E-state index contributed by atoms with van der Waals surface area (Å²) in [6.07, 6.45) is 2.04. The number of hydrogen-bond acceptors (Lipinski definition) is 8. The van der Waals surface area contributed by atoms with E-state index in [9.17, 15) is 17.8 Å². The van der Waals surface area contributed by atoms with Gasteiger partial charge in [-0.15, -0.1) is 4.36 Å². The van der Waals surface area contributed by atoms with Crippen molar-refractivity contribution in [3.8, 4) is 17.0 Å². The molecular formula is C26H29F2N5O4S. The van der Waals surface area contributed by atoms with E-state index in [1.54, 1.807) is 39.0 Å². The van der Waals surface area contributed by atoms with Gasteiger partial charge in [-0.2, -0.15) is 0 Å². The van der Waals surface area contributed by atoms with Gasteiger partial charge in [-0.1, -0.05) is 0 Å². The lowest BCUT2D eigenvalue weighted by molar-refractivity contribution is 0.0607. The van der Waals surface area contributed by atoms with Gasteiger partial charge in [0.25, 0.3) is 0 Å². The summed E-state index contributed by atoms with van der Waals surface area (Å²) in [6.45, 7) is 5.80. The fourth-order valence-corrected chi connectivity index (χ4v) is 4.93. The molecule has 4 rings (SSSR count). The van der Waals surface area contributed by atoms with Crippen molar-refractivity contribution in [2.75, 3.05) is 30.0 Å². The summed E-state index contributed by atoms with van der Waals surface area (Å²) in [5.74, 6) is -0.636. The summed E-state index contributed by atoms with van der Waals surface area (Å²) in [7, 11) is -2.99. The molecule has 9 nitrogen and oxygen atoms in total. The summed E-state index contributed by atoms with van der Waals surface area (Å²) in [4.78, 5) is 20.5. The Morgan fingerprint density at radius 2 is 1.97 bits per heavy atom. The number of ether oxygens (including phenoxy) is 2. The number of hydrogen-bond donors (Lipinski definition) is 2. The van der Waals surface area contributed by atoms with Crippen LogP contribution in [0, 0.1) is 11.6 Å². The van der Waals surface area contributed by atoms with E-state index in [1.165, 1.54) is 24.5 Å². The van der Waals surface area contributed by atoms with Crippen molar-refractivity contribution >= 4 is 33.1 Å². The highest BCUT2D eigenvalue weighted by Crippen LogP contribution is 2.29. The van der Waals surface area contributed by atoms with Gasteiger partial charge in [0.05, 0.1) is 34.0 Å². The molecule has 0 saturated heterocycles. The second kappa shape index (κ2) is 10.9. The molecular weight excluding hydrogens is 516 g/mol. The molecule has 0 aliphatic carbocycles. The number of carbonyl (C=O) groups excluding carboxylic acids is 1. The van der Waals surface area contributed by atoms with Crippen LogP contribution in [0.25, 0.3) is 11.3 Å². The van der Waals surface area contributed by atoms with Crippen molar-refractivity contribution in [1.82, 2.24) is 9.97 Å². The SMILES string of the molecule is CC(C)(C)OC(=O)N=S(C)(=O)Cc1cc2cc(c1)OCCCNc1cc(ccc1F)-c1nc(ncc1F)N2. The Morgan fingerprint density at radius 3 is 2.74 bits per heavy atom. The van der Waals surface area contributed by atoms with Gasteiger partial charge in [0, 0.05) is 30.1 Å². The highest BCUT2D eigenvalue weighted by atomic mass is 32.2. The molecule has 0 saturated carbocycles. The number of nitrogens with one attached hydrogen (secondary N) is 2. The van der Waals surface area contributed by atoms with E-state index in [4.69, 9.17) is 9.47 Å². The molecule has 0 spiro atoms. The number of aromatic nitrogens is 2. The second-order valence-electron chi connectivity index (χ2n) is 9.88. The van der Waals surface area contributed by atoms with Crippen LogP contribution in [-0.4, -0.2) is 45.3 Å². The quantitative estimate of drug-likeness (QED) is 0.410. The Kier molecular flexibility index (Phi) is 7.81. The number of nitrogens with zero attached hydrogens (tertiary/aromatic N) is 3. The highest BCUT2D eigenvalue weighted by molar-refractivity contribution is 7.92. The van der Waals surface area contributed by atoms with E-state index in [2.05, 4.69) is 25.0 Å². The summed E-state index contributed by atoms with van der Waals surface area (Å²) < 4.78 is 56.9. The van der Waals surface area contributed by atoms with E-state index >= 15 is 0 Å². The highest BCUT2D eigenvalue weighted by Gasteiger charge is 2.18. The van der Waals surface area contributed by atoms with E-state index < -0.39 is 33.1 Å². The minimum absolute atomic E-state index is 0.000730. The first-order valence-electron chi connectivity index (χ1n) is 11.9. The van der Waals surface area contributed by atoms with Crippen LogP contribution in [-0.2, 0) is 20.2 Å². The standard InChI is InChI=1S/C26H29F2N5O4S/c1-26(2,3)37-25(34)33-38(4,35)15-16-10-18-13-19(11-16)36-9-5-8-29-22-12-17(6-7-20(22)27)23-21(28)14-30-24(31-18)32-23/h6-7,10-14,29H,5,8-9,15H2,1-4H3,(H,30,31,32). The molecule has 0 fully saturated rings. The molecule has 3 aromatic rings. The molecule has 1 aromatic heterocycles. The van der Waals surface area contributed by atoms with Crippen LogP contribution in [0.5, 0.6) is 5.75 Å². The average molecular weight is 546 g/mol. The Hall–Kier alpha value is -3.80. The first-order chi connectivity index (χ1) is 17.9. The topological polar surface area (TPSA) is 115 Å². The minimum atomic E-state index is -2.99. The van der Waals surface area contributed by atoms with Gasteiger partial charge in [-0.05, 0) is 63.1 Å². The molecule has 2 heterocycles. The average Bonchev–Trinajstić information content (AvgIpc) is 2.79. The normalized spacial score (nSPS) is 14.9. The molecule has 2 aromatic carbocycles. The fourth-order valence-electron chi connectivity index (χ4n) is 3.73. The molecule has 6 bridgehead atoms. The summed E-state index contributed by atoms with van der Waals surface area (Å²) in [6, 6.07) is 9.29. The predicted molar refractivity (Wildman–Crippen MR) is 142 cm³/mol. The van der Waals surface area contributed by atoms with Crippen molar-refractivity contribution in [1.29, 1.82) is 0 Å². The van der Waals surface area contributed by atoms with Gasteiger partial charge in [0.15, 0.2) is 5.82 Å². The van der Waals surface area contributed by atoms with Crippen LogP contribution in [0.3, 0.4) is 0 Å². The Bertz CT molecular complexity index is 1480. The van der Waals surface area contributed by atoms with Gasteiger partial charge < -0.3 is 20.1 Å². The number of fused-ring (bicyclic) bond motifs is 7. The zero-order chi connectivity index (χ0) is 27.5. The van der Waals surface area contributed by atoms with Gasteiger partial charge in [0.2, 0.25) is 5.95 Å². The van der Waals surface area contributed by atoms with E-state index in [1.807, 2.05) is 0 Å². The number of carbonyl (C=O) groups is 1. The Morgan fingerprint density at radius 1 is 1.18 bits per heavy atom. The van der Waals surface area contributed by atoms with Gasteiger partial charge in [-0.3, -0.25) is 0 Å². The lowest BCUT2D eigenvalue weighted by atomic mass is 10.1. The largest absolute Gasteiger partial charge is 0.493 e. The zero-order valence-electron chi connectivity index (χ0n) is 21.5. The molecule has 12 heteroatoms. The third kappa shape index (κ3) is 7.37. The second-order valence-corrected chi connectivity index (χ2v) is 12.3. The fraction of sp³-hybridized carbons (Fsp3) is 0.346. The van der Waals surface area contributed by atoms with Crippen LogP contribution in [0.15, 0.2) is 47.0 Å². The van der Waals surface area contributed by atoms with Crippen LogP contribution < -0.4 is 15.4 Å². The first-order valence-corrected chi connectivity index (χ1v) is 14.0. The van der Waals surface area contributed by atoms with E-state index in [-0.39, 0.29) is 23.1 Å². The molecule has 202 valence electrons. The maximum atomic E-state index is 14.6. The van der Waals surface area contributed by atoms with Crippen LogP contribution in [0.1, 0.15) is 32.8 Å². The smallest absolute Gasteiger partial charge is 0.442 e. The Balaban J connectivity index is 1.69. The number of rotatable bonds is 2. The summed E-state index contributed by atoms with van der Waals surface area (Å²) in [5.41, 5.74) is 0.906. The maximum Gasteiger partial charge on any atom is 0.442 e. The van der Waals surface area contributed by atoms with Gasteiger partial charge >= 0.3 is 6.09 Å². The molecule has 38 heavy (non-hydrogen) atoms. The third-order valence-electron chi connectivity index (χ3n) is 5.21. The van der Waals surface area contributed by atoms with Crippen molar-refractivity contribution in [3.05, 3.63) is 59.8 Å². The number of anilines is 3. The maximum absolute atomic E-state index is 14.6. The monoisotopic (exact) mass is 545 g/mol. The van der Waals surface area contributed by atoms with Crippen molar-refractivity contribution in [2.45, 2.75) is 38.5 Å². The molecule has 2 N–H and O–H groups in total. The van der Waals surface area contributed by atoms with Crippen molar-refractivity contribution < 1.29 is 27.3 Å². The van der Waals surface area contributed by atoms with Crippen molar-refractivity contribution in [3.63, 3.8) is 0 Å². The number of benzene rings is 2. The third-order valence-corrected chi connectivity index (χ3v) is 6.61. The molecule has 1 amide bonds. The molecule has 0 radical (unpaired) electrons. The summed E-state index contributed by atoms with van der Waals surface area (Å²) in [5, 5.41) is 6.03. The molecule has 1 aliphatic heterocycles. The number of amides is 1. The van der Waals surface area contributed by atoms with Crippen LogP contribution in [0.4, 0.5) is 30.9 Å². The minimum Gasteiger partial charge on any atom is -0.493 e. The zero-order valence-corrected chi connectivity index (χ0v) is 22.3. The number of halogens is 2. The molecule has 1 unspecified atom stereocenters. The van der Waals surface area contributed by atoms with E-state index in [0.29, 0.717) is 42.1 Å². The van der Waals surface area contributed by atoms with Crippen LogP contribution in [0.2, 0.25) is 0 Å². The molecule has 1 atom stereocenters. The Labute approximate surface area is 220 Å². The lowest BCUT2D eigenvalue weighted by Crippen LogP contribution is -2.22. The first kappa shape index (κ1) is 27.2. The van der Waals surface area contributed by atoms with Crippen LogP contribution >= 0.6 is 0 Å². The van der Waals surface area contributed by atoms with E-state index in [0.717, 1.165) is 6.20 Å².